The average Bonchev–Trinajstić information content (AvgIpc) is 2.81. The molecule has 0 saturated heterocycles. The van der Waals surface area contributed by atoms with E-state index in [-0.39, 0.29) is 0 Å². The molecule has 0 spiro atoms. The molecule has 1 N–H and O–H groups in total. The standard InChI is InChI=1S/C14H19ClN4/c1-2-10-3-6-12(7-4-10)16-14-17-13-8-5-11(15)9-19(13)18-14/h5,8-10,12H,2-4,6-7H2,1H3,(H,16,18). The van der Waals surface area contributed by atoms with Crippen molar-refractivity contribution in [1.29, 1.82) is 0 Å². The van der Waals surface area contributed by atoms with Crippen LogP contribution in [-0.2, 0) is 0 Å². The van der Waals surface area contributed by atoms with Gasteiger partial charge in [-0.05, 0) is 43.7 Å². The number of anilines is 1. The quantitative estimate of drug-likeness (QED) is 0.929. The van der Waals surface area contributed by atoms with Crippen LogP contribution in [0.3, 0.4) is 0 Å². The number of aromatic nitrogens is 3. The van der Waals surface area contributed by atoms with Gasteiger partial charge in [0.15, 0.2) is 5.65 Å². The van der Waals surface area contributed by atoms with Crippen LogP contribution in [0.15, 0.2) is 18.3 Å². The van der Waals surface area contributed by atoms with Crippen molar-refractivity contribution in [3.8, 4) is 0 Å². The highest BCUT2D eigenvalue weighted by Crippen LogP contribution is 2.28. The summed E-state index contributed by atoms with van der Waals surface area (Å²) in [4.78, 5) is 4.47. The molecule has 1 saturated carbocycles. The summed E-state index contributed by atoms with van der Waals surface area (Å²) in [5.41, 5.74) is 0.828. The Bertz CT molecular complexity index is 558. The Morgan fingerprint density at radius 2 is 2.11 bits per heavy atom. The van der Waals surface area contributed by atoms with E-state index in [1.807, 2.05) is 12.1 Å². The van der Waals surface area contributed by atoms with E-state index in [2.05, 4.69) is 22.3 Å². The fourth-order valence-electron chi connectivity index (χ4n) is 2.82. The third-order valence-corrected chi connectivity index (χ3v) is 4.28. The zero-order chi connectivity index (χ0) is 13.2. The summed E-state index contributed by atoms with van der Waals surface area (Å²) in [6, 6.07) is 4.23. The van der Waals surface area contributed by atoms with E-state index in [1.165, 1.54) is 32.1 Å². The molecule has 1 aliphatic rings. The van der Waals surface area contributed by atoms with Crippen molar-refractivity contribution in [3.63, 3.8) is 0 Å². The number of nitrogens with zero attached hydrogens (tertiary/aromatic N) is 3. The van der Waals surface area contributed by atoms with Crippen LogP contribution in [0.25, 0.3) is 5.65 Å². The summed E-state index contributed by atoms with van der Waals surface area (Å²) in [7, 11) is 0. The molecule has 3 rings (SSSR count). The number of hydrogen-bond acceptors (Lipinski definition) is 3. The average molecular weight is 279 g/mol. The first-order chi connectivity index (χ1) is 9.24. The third-order valence-electron chi connectivity index (χ3n) is 4.05. The Labute approximate surface area is 118 Å². The van der Waals surface area contributed by atoms with Crippen LogP contribution in [0.2, 0.25) is 5.02 Å². The molecule has 102 valence electrons. The highest BCUT2D eigenvalue weighted by Gasteiger charge is 2.20. The largest absolute Gasteiger partial charge is 0.350 e. The Morgan fingerprint density at radius 3 is 2.84 bits per heavy atom. The molecule has 0 amide bonds. The van der Waals surface area contributed by atoms with Gasteiger partial charge in [-0.15, -0.1) is 5.10 Å². The van der Waals surface area contributed by atoms with Gasteiger partial charge in [0, 0.05) is 12.2 Å². The van der Waals surface area contributed by atoms with Gasteiger partial charge in [0.1, 0.15) is 0 Å². The van der Waals surface area contributed by atoms with Gasteiger partial charge in [-0.1, -0.05) is 24.9 Å². The second-order valence-electron chi connectivity index (χ2n) is 5.36. The summed E-state index contributed by atoms with van der Waals surface area (Å²) in [5, 5.41) is 8.54. The molecule has 0 atom stereocenters. The third kappa shape index (κ3) is 2.84. The molecule has 0 bridgehead atoms. The lowest BCUT2D eigenvalue weighted by atomic mass is 9.85. The number of fused-ring (bicyclic) bond motifs is 1. The lowest BCUT2D eigenvalue weighted by Crippen LogP contribution is -2.26. The lowest BCUT2D eigenvalue weighted by molar-refractivity contribution is 0.329. The maximum Gasteiger partial charge on any atom is 0.243 e. The maximum absolute atomic E-state index is 5.94. The van der Waals surface area contributed by atoms with Crippen LogP contribution >= 0.6 is 11.6 Å². The number of halogens is 1. The number of pyridine rings is 1. The van der Waals surface area contributed by atoms with Gasteiger partial charge < -0.3 is 5.32 Å². The van der Waals surface area contributed by atoms with Crippen LogP contribution in [-0.4, -0.2) is 20.6 Å². The topological polar surface area (TPSA) is 42.2 Å². The molecule has 0 aliphatic heterocycles. The molecule has 2 aromatic heterocycles. The summed E-state index contributed by atoms with van der Waals surface area (Å²) >= 11 is 5.94. The monoisotopic (exact) mass is 278 g/mol. The van der Waals surface area contributed by atoms with Crippen molar-refractivity contribution in [3.05, 3.63) is 23.4 Å². The van der Waals surface area contributed by atoms with E-state index < -0.39 is 0 Å². The van der Waals surface area contributed by atoms with Crippen molar-refractivity contribution < 1.29 is 0 Å². The molecule has 2 aromatic rings. The van der Waals surface area contributed by atoms with Gasteiger partial charge in [-0.3, -0.25) is 0 Å². The van der Waals surface area contributed by atoms with E-state index in [1.54, 1.807) is 10.7 Å². The molecule has 1 aliphatic carbocycles. The zero-order valence-electron chi connectivity index (χ0n) is 11.1. The van der Waals surface area contributed by atoms with Crippen molar-refractivity contribution in [2.75, 3.05) is 5.32 Å². The van der Waals surface area contributed by atoms with Crippen LogP contribution in [0.1, 0.15) is 39.0 Å². The first kappa shape index (κ1) is 12.7. The summed E-state index contributed by atoms with van der Waals surface area (Å²) < 4.78 is 1.72. The molecule has 0 radical (unpaired) electrons. The van der Waals surface area contributed by atoms with Crippen molar-refractivity contribution in [2.45, 2.75) is 45.1 Å². The summed E-state index contributed by atoms with van der Waals surface area (Å²) in [6.07, 6.45) is 8.14. The van der Waals surface area contributed by atoms with Crippen LogP contribution in [0.4, 0.5) is 5.95 Å². The summed E-state index contributed by atoms with van der Waals surface area (Å²) in [5.74, 6) is 1.62. The highest BCUT2D eigenvalue weighted by atomic mass is 35.5. The molecule has 5 heteroatoms. The molecule has 0 aromatic carbocycles. The minimum atomic E-state index is 0.510. The van der Waals surface area contributed by atoms with E-state index in [0.29, 0.717) is 17.0 Å². The van der Waals surface area contributed by atoms with Gasteiger partial charge in [-0.2, -0.15) is 4.98 Å². The van der Waals surface area contributed by atoms with Crippen molar-refractivity contribution in [2.24, 2.45) is 5.92 Å². The smallest absolute Gasteiger partial charge is 0.243 e. The van der Waals surface area contributed by atoms with Gasteiger partial charge in [-0.25, -0.2) is 4.52 Å². The normalized spacial score (nSPS) is 23.7. The van der Waals surface area contributed by atoms with Gasteiger partial charge in [0.2, 0.25) is 5.95 Å². The fourth-order valence-corrected chi connectivity index (χ4v) is 2.97. The predicted octanol–water partition coefficient (Wildman–Crippen LogP) is 3.76. The Kier molecular flexibility index (Phi) is 3.60. The van der Waals surface area contributed by atoms with E-state index >= 15 is 0 Å². The molecule has 4 nitrogen and oxygen atoms in total. The number of rotatable bonds is 3. The van der Waals surface area contributed by atoms with E-state index in [0.717, 1.165) is 11.6 Å². The first-order valence-electron chi connectivity index (χ1n) is 7.03. The molecular formula is C14H19ClN4. The second-order valence-corrected chi connectivity index (χ2v) is 5.79. The van der Waals surface area contributed by atoms with Crippen LogP contribution in [0.5, 0.6) is 0 Å². The molecule has 19 heavy (non-hydrogen) atoms. The number of nitrogens with one attached hydrogen (secondary N) is 1. The fraction of sp³-hybridized carbons (Fsp3) is 0.571. The Hall–Kier alpha value is -1.29. The van der Waals surface area contributed by atoms with E-state index in [4.69, 9.17) is 11.6 Å². The van der Waals surface area contributed by atoms with Crippen molar-refractivity contribution in [1.82, 2.24) is 14.6 Å². The van der Waals surface area contributed by atoms with Crippen molar-refractivity contribution >= 4 is 23.2 Å². The zero-order valence-corrected chi connectivity index (χ0v) is 11.9. The van der Waals surface area contributed by atoms with Gasteiger partial charge in [0.25, 0.3) is 0 Å². The minimum absolute atomic E-state index is 0.510. The number of hydrogen-bond donors (Lipinski definition) is 1. The van der Waals surface area contributed by atoms with E-state index in [9.17, 15) is 0 Å². The molecular weight excluding hydrogens is 260 g/mol. The minimum Gasteiger partial charge on any atom is -0.350 e. The molecule has 2 heterocycles. The Balaban J connectivity index is 1.68. The van der Waals surface area contributed by atoms with Gasteiger partial charge in [0.05, 0.1) is 5.02 Å². The SMILES string of the molecule is CCC1CCC(Nc2nc3ccc(Cl)cn3n2)CC1. The van der Waals surface area contributed by atoms with Gasteiger partial charge >= 0.3 is 0 Å². The predicted molar refractivity (Wildman–Crippen MR) is 77.7 cm³/mol. The maximum atomic E-state index is 5.94. The van der Waals surface area contributed by atoms with Crippen LogP contribution in [0, 0.1) is 5.92 Å². The highest BCUT2D eigenvalue weighted by molar-refractivity contribution is 6.30. The summed E-state index contributed by atoms with van der Waals surface area (Å²) in [6.45, 7) is 2.28. The second kappa shape index (κ2) is 5.37. The molecule has 0 unspecified atom stereocenters. The lowest BCUT2D eigenvalue weighted by Gasteiger charge is -2.27. The first-order valence-corrected chi connectivity index (χ1v) is 7.41. The molecule has 1 fully saturated rings. The Morgan fingerprint density at radius 1 is 1.32 bits per heavy atom. The van der Waals surface area contributed by atoms with Crippen LogP contribution < -0.4 is 5.32 Å².